The molecule has 0 saturated carbocycles. The zero-order valence-corrected chi connectivity index (χ0v) is 10.8. The maximum Gasteiger partial charge on any atom is 0.261 e. The van der Waals surface area contributed by atoms with Gasteiger partial charge in [0, 0.05) is 16.2 Å². The third-order valence-corrected chi connectivity index (χ3v) is 3.89. The molecular formula is C13H11ClO2S. The van der Waals surface area contributed by atoms with Crippen molar-refractivity contribution >= 4 is 19.7 Å². The van der Waals surface area contributed by atoms with E-state index in [9.17, 15) is 8.42 Å². The van der Waals surface area contributed by atoms with E-state index in [0.717, 1.165) is 11.1 Å². The first kappa shape index (κ1) is 12.1. The Morgan fingerprint density at radius 1 is 0.941 bits per heavy atom. The van der Waals surface area contributed by atoms with Gasteiger partial charge in [-0.05, 0) is 18.6 Å². The molecule has 0 unspecified atom stereocenters. The SMILES string of the molecule is Cc1ccc(-c2ccccc2S(=O)(=O)Cl)cc1. The van der Waals surface area contributed by atoms with E-state index in [1.807, 2.05) is 31.2 Å². The Hall–Kier alpha value is -1.32. The molecular weight excluding hydrogens is 256 g/mol. The van der Waals surface area contributed by atoms with E-state index in [2.05, 4.69) is 0 Å². The molecule has 17 heavy (non-hydrogen) atoms. The minimum Gasteiger partial charge on any atom is -0.207 e. The van der Waals surface area contributed by atoms with Crippen molar-refractivity contribution in [2.24, 2.45) is 0 Å². The van der Waals surface area contributed by atoms with Crippen LogP contribution in [0.15, 0.2) is 53.4 Å². The van der Waals surface area contributed by atoms with Crippen LogP contribution in [0.3, 0.4) is 0 Å². The molecule has 4 heteroatoms. The molecule has 0 atom stereocenters. The van der Waals surface area contributed by atoms with Crippen LogP contribution in [0.5, 0.6) is 0 Å². The van der Waals surface area contributed by atoms with Gasteiger partial charge in [0.1, 0.15) is 0 Å². The third kappa shape index (κ3) is 2.68. The predicted octanol–water partition coefficient (Wildman–Crippen LogP) is 3.59. The lowest BCUT2D eigenvalue weighted by molar-refractivity contribution is 0.610. The van der Waals surface area contributed by atoms with Crippen LogP contribution in [0.1, 0.15) is 5.56 Å². The number of hydrogen-bond donors (Lipinski definition) is 0. The Morgan fingerprint density at radius 2 is 1.53 bits per heavy atom. The highest BCUT2D eigenvalue weighted by Gasteiger charge is 2.15. The first-order chi connectivity index (χ1) is 7.98. The average Bonchev–Trinajstić information content (AvgIpc) is 2.29. The van der Waals surface area contributed by atoms with Gasteiger partial charge in [0.15, 0.2) is 0 Å². The van der Waals surface area contributed by atoms with Crippen molar-refractivity contribution in [3.63, 3.8) is 0 Å². The van der Waals surface area contributed by atoms with Gasteiger partial charge in [-0.25, -0.2) is 8.42 Å². The quantitative estimate of drug-likeness (QED) is 0.779. The Morgan fingerprint density at radius 3 is 2.12 bits per heavy atom. The number of halogens is 1. The summed E-state index contributed by atoms with van der Waals surface area (Å²) in [4.78, 5) is 0.144. The summed E-state index contributed by atoms with van der Waals surface area (Å²) in [7, 11) is 1.70. The van der Waals surface area contributed by atoms with Gasteiger partial charge in [-0.1, -0.05) is 48.0 Å². The summed E-state index contributed by atoms with van der Waals surface area (Å²) in [5.74, 6) is 0. The highest BCUT2D eigenvalue weighted by atomic mass is 35.7. The van der Waals surface area contributed by atoms with Crippen LogP contribution in [-0.2, 0) is 9.05 Å². The van der Waals surface area contributed by atoms with E-state index in [0.29, 0.717) is 5.56 Å². The molecule has 2 aromatic rings. The van der Waals surface area contributed by atoms with E-state index >= 15 is 0 Å². The maximum atomic E-state index is 11.5. The molecule has 0 fully saturated rings. The van der Waals surface area contributed by atoms with Crippen molar-refractivity contribution in [1.29, 1.82) is 0 Å². The summed E-state index contributed by atoms with van der Waals surface area (Å²) >= 11 is 0. The minimum absolute atomic E-state index is 0.144. The smallest absolute Gasteiger partial charge is 0.207 e. The van der Waals surface area contributed by atoms with E-state index in [1.54, 1.807) is 18.2 Å². The minimum atomic E-state index is -3.72. The van der Waals surface area contributed by atoms with Crippen LogP contribution in [0.25, 0.3) is 11.1 Å². The zero-order chi connectivity index (χ0) is 12.5. The fourth-order valence-corrected chi connectivity index (χ4v) is 2.74. The molecule has 0 bridgehead atoms. The van der Waals surface area contributed by atoms with Crippen molar-refractivity contribution < 1.29 is 8.42 Å². The largest absolute Gasteiger partial charge is 0.261 e. The van der Waals surface area contributed by atoms with Gasteiger partial charge in [0.05, 0.1) is 4.90 Å². The second-order valence-corrected chi connectivity index (χ2v) is 6.33. The molecule has 0 N–H and O–H groups in total. The second-order valence-electron chi connectivity index (χ2n) is 3.80. The summed E-state index contributed by atoms with van der Waals surface area (Å²) in [6, 6.07) is 14.4. The molecule has 0 aliphatic heterocycles. The Labute approximate surface area is 105 Å². The maximum absolute atomic E-state index is 11.5. The van der Waals surface area contributed by atoms with Gasteiger partial charge in [-0.2, -0.15) is 0 Å². The van der Waals surface area contributed by atoms with Crippen LogP contribution in [0.2, 0.25) is 0 Å². The monoisotopic (exact) mass is 266 g/mol. The number of benzene rings is 2. The summed E-state index contributed by atoms with van der Waals surface area (Å²) < 4.78 is 22.9. The molecule has 0 aliphatic rings. The fraction of sp³-hybridized carbons (Fsp3) is 0.0769. The number of hydrogen-bond acceptors (Lipinski definition) is 2. The van der Waals surface area contributed by atoms with Gasteiger partial charge in [0.2, 0.25) is 0 Å². The molecule has 0 aliphatic carbocycles. The average molecular weight is 267 g/mol. The molecule has 0 saturated heterocycles. The van der Waals surface area contributed by atoms with Crippen molar-refractivity contribution in [3.8, 4) is 11.1 Å². The summed E-state index contributed by atoms with van der Waals surface area (Å²) in [5.41, 5.74) is 2.60. The molecule has 88 valence electrons. The Balaban J connectivity index is 2.64. The zero-order valence-electron chi connectivity index (χ0n) is 9.22. The summed E-state index contributed by atoms with van der Waals surface area (Å²) in [6.07, 6.45) is 0. The molecule has 0 amide bonds. The van der Waals surface area contributed by atoms with Crippen LogP contribution >= 0.6 is 10.7 Å². The predicted molar refractivity (Wildman–Crippen MR) is 69.7 cm³/mol. The molecule has 2 aromatic carbocycles. The van der Waals surface area contributed by atoms with E-state index < -0.39 is 9.05 Å². The summed E-state index contributed by atoms with van der Waals surface area (Å²) in [6.45, 7) is 1.98. The van der Waals surface area contributed by atoms with Crippen LogP contribution in [-0.4, -0.2) is 8.42 Å². The topological polar surface area (TPSA) is 34.1 Å². The van der Waals surface area contributed by atoms with Gasteiger partial charge in [-0.15, -0.1) is 0 Å². The van der Waals surface area contributed by atoms with Crippen LogP contribution in [0.4, 0.5) is 0 Å². The molecule has 2 nitrogen and oxygen atoms in total. The lowest BCUT2D eigenvalue weighted by Gasteiger charge is -2.06. The number of rotatable bonds is 2. The van der Waals surface area contributed by atoms with Crippen molar-refractivity contribution in [2.45, 2.75) is 11.8 Å². The molecule has 0 spiro atoms. The van der Waals surface area contributed by atoms with Crippen molar-refractivity contribution in [2.75, 3.05) is 0 Å². The summed E-state index contributed by atoms with van der Waals surface area (Å²) in [5, 5.41) is 0. The molecule has 0 radical (unpaired) electrons. The van der Waals surface area contributed by atoms with E-state index in [1.165, 1.54) is 6.07 Å². The molecule has 2 rings (SSSR count). The third-order valence-electron chi connectivity index (χ3n) is 2.51. The first-order valence-electron chi connectivity index (χ1n) is 5.09. The molecule has 0 aromatic heterocycles. The molecule has 0 heterocycles. The lowest BCUT2D eigenvalue weighted by Crippen LogP contribution is -1.94. The normalized spacial score (nSPS) is 11.4. The lowest BCUT2D eigenvalue weighted by atomic mass is 10.0. The van der Waals surface area contributed by atoms with Gasteiger partial charge in [-0.3, -0.25) is 0 Å². The Bertz CT molecular complexity index is 631. The van der Waals surface area contributed by atoms with Gasteiger partial charge < -0.3 is 0 Å². The van der Waals surface area contributed by atoms with Crippen molar-refractivity contribution in [1.82, 2.24) is 0 Å². The van der Waals surface area contributed by atoms with Crippen LogP contribution in [0, 0.1) is 6.92 Å². The van der Waals surface area contributed by atoms with Crippen molar-refractivity contribution in [3.05, 3.63) is 54.1 Å². The second kappa shape index (κ2) is 4.51. The number of aryl methyl sites for hydroxylation is 1. The highest BCUT2D eigenvalue weighted by molar-refractivity contribution is 8.13. The Kier molecular flexibility index (Phi) is 3.22. The standard InChI is InChI=1S/C13H11ClO2S/c1-10-6-8-11(9-7-10)12-4-2-3-5-13(12)17(14,15)16/h2-9H,1H3. The highest BCUT2D eigenvalue weighted by Crippen LogP contribution is 2.29. The first-order valence-corrected chi connectivity index (χ1v) is 7.40. The van der Waals surface area contributed by atoms with E-state index in [4.69, 9.17) is 10.7 Å². The fourth-order valence-electron chi connectivity index (χ4n) is 1.65. The van der Waals surface area contributed by atoms with Crippen LogP contribution < -0.4 is 0 Å². The van der Waals surface area contributed by atoms with Gasteiger partial charge in [0.25, 0.3) is 9.05 Å². The van der Waals surface area contributed by atoms with E-state index in [-0.39, 0.29) is 4.90 Å². The van der Waals surface area contributed by atoms with Gasteiger partial charge >= 0.3 is 0 Å².